The SMILES string of the molecule is COc1ncc(N(Cc2n[nH]c(C(F)(F)F)c2C(C)(C)O)C(=O)Nc2ccc(F)c(C(F)F)c2)cn1. The van der Waals surface area contributed by atoms with Crippen LogP contribution in [0.4, 0.5) is 42.5 Å². The van der Waals surface area contributed by atoms with Crippen molar-refractivity contribution in [2.45, 2.75) is 38.6 Å². The molecule has 0 saturated heterocycles. The molecule has 1 aromatic carbocycles. The number of carbonyl (C=O) groups excluding carboxylic acids is 1. The van der Waals surface area contributed by atoms with Crippen molar-refractivity contribution in [2.24, 2.45) is 0 Å². The number of hydrogen-bond acceptors (Lipinski definition) is 6. The number of aromatic amines is 1. The van der Waals surface area contributed by atoms with Crippen LogP contribution in [0.2, 0.25) is 0 Å². The number of alkyl halides is 5. The van der Waals surface area contributed by atoms with E-state index in [0.29, 0.717) is 0 Å². The molecule has 0 radical (unpaired) electrons. The minimum Gasteiger partial charge on any atom is -0.467 e. The Morgan fingerprint density at radius 1 is 1.22 bits per heavy atom. The van der Waals surface area contributed by atoms with E-state index >= 15 is 0 Å². The van der Waals surface area contributed by atoms with Crippen molar-refractivity contribution in [1.29, 1.82) is 0 Å². The van der Waals surface area contributed by atoms with Gasteiger partial charge in [-0.05, 0) is 32.0 Å². The molecule has 0 saturated carbocycles. The molecule has 36 heavy (non-hydrogen) atoms. The molecule has 0 aliphatic rings. The lowest BCUT2D eigenvalue weighted by atomic mass is 9.95. The molecule has 3 aromatic rings. The molecule has 0 aliphatic heterocycles. The van der Waals surface area contributed by atoms with E-state index in [1.807, 2.05) is 5.10 Å². The molecule has 9 nitrogen and oxygen atoms in total. The highest BCUT2D eigenvalue weighted by molar-refractivity contribution is 6.01. The summed E-state index contributed by atoms with van der Waals surface area (Å²) in [6.07, 6.45) is -5.80. The number of benzene rings is 1. The van der Waals surface area contributed by atoms with Crippen molar-refractivity contribution >= 4 is 17.4 Å². The van der Waals surface area contributed by atoms with Gasteiger partial charge in [0.05, 0.1) is 48.6 Å². The maximum atomic E-state index is 13.6. The minimum atomic E-state index is -4.89. The number of H-pyrrole nitrogens is 1. The molecule has 2 aromatic heterocycles. The lowest BCUT2D eigenvalue weighted by molar-refractivity contribution is -0.143. The Kier molecular flexibility index (Phi) is 7.43. The Morgan fingerprint density at radius 3 is 2.39 bits per heavy atom. The summed E-state index contributed by atoms with van der Waals surface area (Å²) >= 11 is 0. The number of nitrogens with zero attached hydrogens (tertiary/aromatic N) is 4. The summed E-state index contributed by atoms with van der Waals surface area (Å²) in [6, 6.07) is 1.39. The van der Waals surface area contributed by atoms with E-state index in [1.54, 1.807) is 0 Å². The van der Waals surface area contributed by atoms with Crippen LogP contribution in [0.1, 0.15) is 42.8 Å². The number of nitrogens with one attached hydrogen (secondary N) is 2. The second-order valence-electron chi connectivity index (χ2n) is 7.96. The number of aliphatic hydroxyl groups is 1. The molecule has 0 spiro atoms. The normalized spacial score (nSPS) is 12.1. The molecule has 3 rings (SSSR count). The van der Waals surface area contributed by atoms with E-state index in [2.05, 4.69) is 20.4 Å². The Bertz CT molecular complexity index is 1220. The van der Waals surface area contributed by atoms with Gasteiger partial charge in [-0.2, -0.15) is 18.3 Å². The molecule has 3 N–H and O–H groups in total. The molecule has 194 valence electrons. The van der Waals surface area contributed by atoms with Crippen molar-refractivity contribution in [1.82, 2.24) is 20.2 Å². The lowest BCUT2D eigenvalue weighted by Gasteiger charge is -2.25. The van der Waals surface area contributed by atoms with Crippen LogP contribution in [0.15, 0.2) is 30.6 Å². The third-order valence-electron chi connectivity index (χ3n) is 4.88. The van der Waals surface area contributed by atoms with Crippen LogP contribution in [-0.2, 0) is 18.3 Å². The predicted octanol–water partition coefficient (Wildman–Crippen LogP) is 4.77. The first kappa shape index (κ1) is 26.7. The van der Waals surface area contributed by atoms with Crippen LogP contribution in [0.5, 0.6) is 6.01 Å². The summed E-state index contributed by atoms with van der Waals surface area (Å²) in [5.41, 5.74) is -5.48. The largest absolute Gasteiger partial charge is 0.467 e. The fourth-order valence-electron chi connectivity index (χ4n) is 3.32. The Morgan fingerprint density at radius 2 is 1.86 bits per heavy atom. The van der Waals surface area contributed by atoms with Gasteiger partial charge < -0.3 is 15.2 Å². The molecule has 0 aliphatic carbocycles. The first-order chi connectivity index (χ1) is 16.7. The number of rotatable bonds is 7. The maximum Gasteiger partial charge on any atom is 0.433 e. The number of halogens is 6. The van der Waals surface area contributed by atoms with Crippen LogP contribution in [0, 0.1) is 5.82 Å². The zero-order valence-corrected chi connectivity index (χ0v) is 19.0. The second kappa shape index (κ2) is 10.0. The van der Waals surface area contributed by atoms with Crippen LogP contribution in [0.3, 0.4) is 0 Å². The van der Waals surface area contributed by atoms with Gasteiger partial charge in [-0.25, -0.2) is 27.9 Å². The average Bonchev–Trinajstić information content (AvgIpc) is 3.24. The topological polar surface area (TPSA) is 116 Å². The van der Waals surface area contributed by atoms with Gasteiger partial charge in [-0.3, -0.25) is 10.00 Å². The molecule has 0 atom stereocenters. The van der Waals surface area contributed by atoms with Gasteiger partial charge in [-0.1, -0.05) is 0 Å². The standard InChI is InChI=1S/C21H20F6N6O3/c1-20(2,35)15-14(31-32-16(15)21(25,26)27)9-33(11-7-28-18(36-3)29-8-11)19(34)30-10-4-5-13(22)12(6-10)17(23)24/h4-8,17,35H,9H2,1-3H3,(H,30,34)(H,31,32). The van der Waals surface area contributed by atoms with Gasteiger partial charge in [0.25, 0.3) is 6.43 Å². The molecule has 2 amide bonds. The zero-order valence-electron chi connectivity index (χ0n) is 19.0. The van der Waals surface area contributed by atoms with Crippen molar-refractivity contribution in [2.75, 3.05) is 17.3 Å². The van der Waals surface area contributed by atoms with Crippen molar-refractivity contribution in [3.63, 3.8) is 0 Å². The first-order valence-electron chi connectivity index (χ1n) is 10.1. The number of hydrogen-bond donors (Lipinski definition) is 3. The third kappa shape index (κ3) is 5.84. The fourth-order valence-corrected chi connectivity index (χ4v) is 3.32. The van der Waals surface area contributed by atoms with Crippen molar-refractivity contribution in [3.8, 4) is 6.01 Å². The summed E-state index contributed by atoms with van der Waals surface area (Å²) in [6.45, 7) is 1.60. The first-order valence-corrected chi connectivity index (χ1v) is 10.1. The Balaban J connectivity index is 2.04. The highest BCUT2D eigenvalue weighted by atomic mass is 19.4. The minimum absolute atomic E-state index is 0.0391. The van der Waals surface area contributed by atoms with Gasteiger partial charge in [0.15, 0.2) is 0 Å². The Labute approximate surface area is 200 Å². The van der Waals surface area contributed by atoms with E-state index < -0.39 is 53.4 Å². The van der Waals surface area contributed by atoms with Gasteiger partial charge in [0, 0.05) is 11.3 Å². The fraction of sp³-hybridized carbons (Fsp3) is 0.333. The molecule has 15 heteroatoms. The molecule has 0 fully saturated rings. The lowest BCUT2D eigenvalue weighted by Crippen LogP contribution is -2.36. The van der Waals surface area contributed by atoms with E-state index in [0.717, 1.165) is 49.3 Å². The molecule has 0 bridgehead atoms. The van der Waals surface area contributed by atoms with Crippen molar-refractivity contribution < 1.29 is 41.0 Å². The van der Waals surface area contributed by atoms with Crippen LogP contribution >= 0.6 is 0 Å². The number of amides is 2. The number of ether oxygens (including phenoxy) is 1. The summed E-state index contributed by atoms with van der Waals surface area (Å²) < 4.78 is 85.2. The quantitative estimate of drug-likeness (QED) is 0.388. The van der Waals surface area contributed by atoms with Crippen LogP contribution in [-0.4, -0.2) is 38.4 Å². The monoisotopic (exact) mass is 518 g/mol. The zero-order chi connectivity index (χ0) is 26.8. The third-order valence-corrected chi connectivity index (χ3v) is 4.88. The second-order valence-corrected chi connectivity index (χ2v) is 7.96. The number of anilines is 2. The summed E-state index contributed by atoms with van der Waals surface area (Å²) in [5, 5.41) is 18.2. The smallest absolute Gasteiger partial charge is 0.433 e. The highest BCUT2D eigenvalue weighted by Crippen LogP contribution is 2.37. The predicted molar refractivity (Wildman–Crippen MR) is 114 cm³/mol. The van der Waals surface area contributed by atoms with Crippen LogP contribution < -0.4 is 15.0 Å². The van der Waals surface area contributed by atoms with E-state index in [-0.39, 0.29) is 23.1 Å². The maximum absolute atomic E-state index is 13.6. The highest BCUT2D eigenvalue weighted by Gasteiger charge is 2.42. The van der Waals surface area contributed by atoms with E-state index in [4.69, 9.17) is 4.74 Å². The average molecular weight is 518 g/mol. The number of aromatic nitrogens is 4. The number of methoxy groups -OCH3 is 1. The summed E-state index contributed by atoms with van der Waals surface area (Å²) in [4.78, 5) is 21.7. The number of urea groups is 1. The van der Waals surface area contributed by atoms with Crippen LogP contribution in [0.25, 0.3) is 0 Å². The molecule has 0 unspecified atom stereocenters. The van der Waals surface area contributed by atoms with E-state index in [9.17, 15) is 36.2 Å². The van der Waals surface area contributed by atoms with Gasteiger partial charge in [-0.15, -0.1) is 0 Å². The summed E-state index contributed by atoms with van der Waals surface area (Å²) in [5.74, 6) is -1.19. The van der Waals surface area contributed by atoms with Gasteiger partial charge in [0.1, 0.15) is 11.5 Å². The molecular weight excluding hydrogens is 498 g/mol. The molecular formula is C21H20F6N6O3. The molecule has 2 heterocycles. The van der Waals surface area contributed by atoms with Gasteiger partial charge >= 0.3 is 18.2 Å². The van der Waals surface area contributed by atoms with Crippen molar-refractivity contribution in [3.05, 3.63) is 58.9 Å². The Hall–Kier alpha value is -3.88. The number of carbonyl (C=O) groups is 1. The summed E-state index contributed by atoms with van der Waals surface area (Å²) in [7, 11) is 1.28. The van der Waals surface area contributed by atoms with E-state index in [1.165, 1.54) is 7.11 Å². The van der Waals surface area contributed by atoms with Gasteiger partial charge in [0.2, 0.25) is 0 Å².